The van der Waals surface area contributed by atoms with Crippen LogP contribution in [0.2, 0.25) is 0 Å². The zero-order valence-electron chi connectivity index (χ0n) is 8.39. The van der Waals surface area contributed by atoms with Crippen LogP contribution in [0.15, 0.2) is 0 Å². The van der Waals surface area contributed by atoms with Gasteiger partial charge in [-0.2, -0.15) is 0 Å². The predicted molar refractivity (Wildman–Crippen MR) is 48.9 cm³/mol. The number of ketones is 1. The lowest BCUT2D eigenvalue weighted by Gasteiger charge is -2.19. The molecule has 0 amide bonds. The zero-order valence-corrected chi connectivity index (χ0v) is 9.15. The molecule has 0 bridgehead atoms. The molecule has 1 rings (SSSR count). The normalized spacial score (nSPS) is 17.9. The van der Waals surface area contributed by atoms with Crippen molar-refractivity contribution in [1.82, 2.24) is 0 Å². The third-order valence-electron chi connectivity index (χ3n) is 2.74. The number of carbonyl (C=O) groups is 1. The smallest absolute Gasteiger partial charge is 0.141 e. The Morgan fingerprint density at radius 1 is 1.31 bits per heavy atom. The highest BCUT2D eigenvalue weighted by Gasteiger charge is 2.20. The van der Waals surface area contributed by atoms with Gasteiger partial charge in [0.2, 0.25) is 0 Å². The number of hydrogen-bond acceptors (Lipinski definition) is 1. The summed E-state index contributed by atoms with van der Waals surface area (Å²) < 4.78 is 0. The second-order valence-electron chi connectivity index (χ2n) is 3.75. The van der Waals surface area contributed by atoms with Gasteiger partial charge in [-0.25, -0.2) is 0 Å². The topological polar surface area (TPSA) is 33.7 Å². The van der Waals surface area contributed by atoms with E-state index in [-0.39, 0.29) is 12.4 Å². The van der Waals surface area contributed by atoms with Crippen molar-refractivity contribution in [2.45, 2.75) is 38.5 Å². The second-order valence-corrected chi connectivity index (χ2v) is 3.75. The Labute approximate surface area is 86.9 Å². The van der Waals surface area contributed by atoms with Gasteiger partial charge in [-0.05, 0) is 12.8 Å². The monoisotopic (exact) mass is 205 g/mol. The van der Waals surface area contributed by atoms with Crippen molar-refractivity contribution in [2.75, 3.05) is 13.6 Å². The maximum absolute atomic E-state index is 11.5. The van der Waals surface area contributed by atoms with Crippen LogP contribution in [0, 0.1) is 5.92 Å². The molecule has 0 aliphatic heterocycles. The molecule has 0 aromatic carbocycles. The minimum absolute atomic E-state index is 0. The zero-order chi connectivity index (χ0) is 8.81. The standard InChI is InChI=1S/C10H19NO.ClH/c1-11-8-7-10(12)9-5-3-2-4-6-9;/h9,11H,2-8H2,1H3;1H. The molecule has 0 heterocycles. The molecule has 2 nitrogen and oxygen atoms in total. The summed E-state index contributed by atoms with van der Waals surface area (Å²) in [5, 5.41) is 2.08. The summed E-state index contributed by atoms with van der Waals surface area (Å²) in [5.74, 6) is 0.923. The Morgan fingerprint density at radius 2 is 1.92 bits per heavy atom. The third-order valence-corrected chi connectivity index (χ3v) is 2.74. The fourth-order valence-electron chi connectivity index (χ4n) is 1.92. The van der Waals surface area contributed by atoms with Gasteiger partial charge < -0.3 is 17.7 Å². The summed E-state index contributed by atoms with van der Waals surface area (Å²) >= 11 is 0. The van der Waals surface area contributed by atoms with Gasteiger partial charge in [-0.3, -0.25) is 4.79 Å². The van der Waals surface area contributed by atoms with Crippen LogP contribution in [-0.2, 0) is 4.79 Å². The summed E-state index contributed by atoms with van der Waals surface area (Å²) in [7, 11) is 2.02. The van der Waals surface area contributed by atoms with Gasteiger partial charge in [-0.15, -0.1) is 0 Å². The predicted octanol–water partition coefficient (Wildman–Crippen LogP) is -2.28. The van der Waals surface area contributed by atoms with E-state index in [1.807, 2.05) is 7.05 Å². The minimum Gasteiger partial charge on any atom is -1.00 e. The molecule has 0 unspecified atom stereocenters. The van der Waals surface area contributed by atoms with Crippen LogP contribution < -0.4 is 17.7 Å². The molecule has 1 fully saturated rings. The summed E-state index contributed by atoms with van der Waals surface area (Å²) in [5.41, 5.74) is 0. The molecule has 78 valence electrons. The molecule has 0 atom stereocenters. The van der Waals surface area contributed by atoms with Crippen LogP contribution in [0.3, 0.4) is 0 Å². The van der Waals surface area contributed by atoms with Crippen molar-refractivity contribution in [3.8, 4) is 0 Å². The van der Waals surface area contributed by atoms with Crippen LogP contribution in [0.5, 0.6) is 0 Å². The first-order valence-electron chi connectivity index (χ1n) is 5.15. The van der Waals surface area contributed by atoms with Crippen molar-refractivity contribution in [2.24, 2.45) is 5.92 Å². The van der Waals surface area contributed by atoms with Crippen molar-refractivity contribution in [3.63, 3.8) is 0 Å². The van der Waals surface area contributed by atoms with Crippen LogP contribution >= 0.6 is 0 Å². The molecule has 0 aromatic heterocycles. The molecule has 1 aliphatic carbocycles. The van der Waals surface area contributed by atoms with E-state index in [0.717, 1.165) is 25.8 Å². The van der Waals surface area contributed by atoms with Crippen LogP contribution in [0.4, 0.5) is 0 Å². The summed E-state index contributed by atoms with van der Waals surface area (Å²) in [6.45, 7) is 0.968. The van der Waals surface area contributed by atoms with Crippen molar-refractivity contribution in [1.29, 1.82) is 0 Å². The maximum atomic E-state index is 11.5. The fraction of sp³-hybridized carbons (Fsp3) is 0.900. The van der Waals surface area contributed by atoms with Crippen molar-refractivity contribution >= 4 is 5.78 Å². The van der Waals surface area contributed by atoms with Gasteiger partial charge in [0, 0.05) is 5.92 Å². The second kappa shape index (κ2) is 7.34. The summed E-state index contributed by atoms with van der Waals surface area (Å²) in [6.07, 6.45) is 6.97. The lowest BCUT2D eigenvalue weighted by atomic mass is 9.85. The van der Waals surface area contributed by atoms with Crippen molar-refractivity contribution in [3.05, 3.63) is 0 Å². The molecule has 13 heavy (non-hydrogen) atoms. The molecule has 1 aliphatic rings. The SMILES string of the molecule is C[NH2+]CCC(=O)C1CCCCC1.[Cl-]. The largest absolute Gasteiger partial charge is 1.00 e. The van der Waals surface area contributed by atoms with E-state index in [2.05, 4.69) is 5.32 Å². The summed E-state index contributed by atoms with van der Waals surface area (Å²) in [4.78, 5) is 11.5. The maximum Gasteiger partial charge on any atom is 0.141 e. The van der Waals surface area contributed by atoms with E-state index in [9.17, 15) is 4.79 Å². The molecular formula is C10H20ClNO. The molecule has 0 saturated heterocycles. The quantitative estimate of drug-likeness (QED) is 0.552. The Morgan fingerprint density at radius 3 is 2.46 bits per heavy atom. The van der Waals surface area contributed by atoms with Gasteiger partial charge in [0.25, 0.3) is 0 Å². The molecule has 0 spiro atoms. The molecule has 0 aromatic rings. The Kier molecular flexibility index (Phi) is 7.29. The third kappa shape index (κ3) is 4.63. The van der Waals surface area contributed by atoms with Crippen LogP contribution in [-0.4, -0.2) is 19.4 Å². The number of rotatable bonds is 4. The molecule has 1 saturated carbocycles. The number of hydrogen-bond donors (Lipinski definition) is 1. The highest BCUT2D eigenvalue weighted by Crippen LogP contribution is 2.24. The molecule has 2 N–H and O–H groups in total. The van der Waals surface area contributed by atoms with E-state index in [1.165, 1.54) is 19.3 Å². The Hall–Kier alpha value is -0.0800. The lowest BCUT2D eigenvalue weighted by Crippen LogP contribution is -3.00. The van der Waals surface area contributed by atoms with E-state index >= 15 is 0 Å². The number of quaternary nitrogens is 1. The average Bonchev–Trinajstić information content (AvgIpc) is 2.15. The van der Waals surface area contributed by atoms with E-state index in [1.54, 1.807) is 0 Å². The number of halogens is 1. The van der Waals surface area contributed by atoms with Gasteiger partial charge in [-0.1, -0.05) is 19.3 Å². The highest BCUT2D eigenvalue weighted by atomic mass is 35.5. The molecule has 3 heteroatoms. The van der Waals surface area contributed by atoms with Gasteiger partial charge >= 0.3 is 0 Å². The first-order chi connectivity index (χ1) is 5.84. The fourth-order valence-corrected chi connectivity index (χ4v) is 1.92. The first kappa shape index (κ1) is 12.9. The van der Waals surface area contributed by atoms with Crippen LogP contribution in [0.1, 0.15) is 38.5 Å². The van der Waals surface area contributed by atoms with E-state index in [0.29, 0.717) is 11.7 Å². The van der Waals surface area contributed by atoms with Gasteiger partial charge in [0.15, 0.2) is 0 Å². The first-order valence-corrected chi connectivity index (χ1v) is 5.15. The molecular weight excluding hydrogens is 186 g/mol. The number of nitrogens with two attached hydrogens (primary N) is 1. The minimum atomic E-state index is 0. The van der Waals surface area contributed by atoms with Gasteiger partial charge in [0.1, 0.15) is 5.78 Å². The highest BCUT2D eigenvalue weighted by molar-refractivity contribution is 5.81. The number of Topliss-reactive ketones (excluding diaryl/α,β-unsaturated/α-hetero) is 1. The summed E-state index contributed by atoms with van der Waals surface area (Å²) in [6, 6.07) is 0. The average molecular weight is 206 g/mol. The van der Waals surface area contributed by atoms with Crippen LogP contribution in [0.25, 0.3) is 0 Å². The lowest BCUT2D eigenvalue weighted by molar-refractivity contribution is -0.625. The van der Waals surface area contributed by atoms with E-state index < -0.39 is 0 Å². The van der Waals surface area contributed by atoms with E-state index in [4.69, 9.17) is 0 Å². The Balaban J connectivity index is 0.00000144. The van der Waals surface area contributed by atoms with Crippen molar-refractivity contribution < 1.29 is 22.5 Å². The number of carbonyl (C=O) groups excluding carboxylic acids is 1. The Bertz CT molecular complexity index is 144. The molecule has 0 radical (unpaired) electrons. The van der Waals surface area contributed by atoms with Gasteiger partial charge in [0.05, 0.1) is 20.0 Å².